The van der Waals surface area contributed by atoms with Crippen LogP contribution in [0.25, 0.3) is 0 Å². The maximum Gasteiger partial charge on any atom is 0.196 e. The molecule has 0 saturated carbocycles. The molecule has 34 heavy (non-hydrogen) atoms. The minimum atomic E-state index is -0.197. The Morgan fingerprint density at radius 3 is 1.24 bits per heavy atom. The van der Waals surface area contributed by atoms with Gasteiger partial charge in [-0.2, -0.15) is 0 Å². The Hall–Kier alpha value is -4.58. The zero-order chi connectivity index (χ0) is 23.7. The first-order valence-corrected chi connectivity index (χ1v) is 11.0. The Balaban J connectivity index is 1.52. The largest absolute Gasteiger partial charge is 0.301 e. The van der Waals surface area contributed by atoms with E-state index in [1.807, 2.05) is 62.4 Å². The van der Waals surface area contributed by atoms with Crippen molar-refractivity contribution in [2.45, 2.75) is 13.8 Å². The highest BCUT2D eigenvalue weighted by Crippen LogP contribution is 2.36. The highest BCUT2D eigenvalue weighted by Gasteiger charge is 2.34. The van der Waals surface area contributed by atoms with Crippen molar-refractivity contribution in [2.24, 2.45) is 0 Å². The van der Waals surface area contributed by atoms with Gasteiger partial charge in [0.1, 0.15) is 0 Å². The van der Waals surface area contributed by atoms with Gasteiger partial charge in [-0.3, -0.25) is 9.59 Å². The number of nitrogens with one attached hydrogen (secondary N) is 4. The summed E-state index contributed by atoms with van der Waals surface area (Å²) in [6.07, 6.45) is 0. The number of hydrazine groups is 2. The summed E-state index contributed by atoms with van der Waals surface area (Å²) >= 11 is 0. The van der Waals surface area contributed by atoms with E-state index in [-0.39, 0.29) is 11.6 Å². The highest BCUT2D eigenvalue weighted by molar-refractivity contribution is 6.32. The van der Waals surface area contributed by atoms with Crippen LogP contribution in [0, 0.1) is 13.8 Å². The number of hydrogen-bond donors (Lipinski definition) is 4. The summed E-state index contributed by atoms with van der Waals surface area (Å²) in [5.41, 5.74) is 19.0. The Morgan fingerprint density at radius 2 is 0.853 bits per heavy atom. The molecule has 0 fully saturated rings. The van der Waals surface area contributed by atoms with Crippen LogP contribution in [0.4, 0.5) is 22.7 Å². The molecular formula is C28H24N4O2. The van der Waals surface area contributed by atoms with Gasteiger partial charge in [-0.05, 0) is 50.2 Å². The van der Waals surface area contributed by atoms with E-state index in [9.17, 15) is 9.59 Å². The van der Waals surface area contributed by atoms with E-state index in [0.717, 1.165) is 22.5 Å². The molecule has 4 N–H and O–H groups in total. The smallest absolute Gasteiger partial charge is 0.196 e. The van der Waals surface area contributed by atoms with Crippen molar-refractivity contribution >= 4 is 34.3 Å². The number of rotatable bonds is 6. The zero-order valence-corrected chi connectivity index (χ0v) is 18.9. The van der Waals surface area contributed by atoms with E-state index in [2.05, 4.69) is 21.7 Å². The maximum atomic E-state index is 13.5. The molecule has 1 aliphatic carbocycles. The fourth-order valence-corrected chi connectivity index (χ4v) is 3.98. The average molecular weight is 449 g/mol. The number of carbonyl (C=O) groups excluding carboxylic acids is 2. The van der Waals surface area contributed by atoms with Crippen molar-refractivity contribution in [3.63, 3.8) is 0 Å². The van der Waals surface area contributed by atoms with Crippen molar-refractivity contribution in [3.8, 4) is 0 Å². The van der Waals surface area contributed by atoms with Crippen LogP contribution >= 0.6 is 0 Å². The van der Waals surface area contributed by atoms with Crippen LogP contribution in [0.15, 0.2) is 84.9 Å². The molecule has 0 unspecified atom stereocenters. The number of ketones is 2. The standard InChI is InChI=1S/C28H24N4O2/c1-17-7-11-19(12-8-17)29-31-23-15-16-24(32-30-20-13-9-18(2)10-14-20)26-25(23)27(33)21-5-3-4-6-22(21)28(26)34/h3-16,29-32H,1-2H3. The van der Waals surface area contributed by atoms with Gasteiger partial charge in [0.05, 0.1) is 33.9 Å². The minimum Gasteiger partial charge on any atom is -0.301 e. The van der Waals surface area contributed by atoms with Crippen LogP contribution in [0.2, 0.25) is 0 Å². The van der Waals surface area contributed by atoms with Crippen LogP contribution in [-0.4, -0.2) is 11.6 Å². The Kier molecular flexibility index (Phi) is 5.47. The fourth-order valence-electron chi connectivity index (χ4n) is 3.98. The third kappa shape index (κ3) is 3.97. The molecule has 6 heteroatoms. The predicted octanol–water partition coefficient (Wildman–Crippen LogP) is 5.96. The number of benzene rings is 4. The van der Waals surface area contributed by atoms with Crippen LogP contribution in [-0.2, 0) is 0 Å². The quantitative estimate of drug-likeness (QED) is 0.240. The summed E-state index contributed by atoms with van der Waals surface area (Å²) in [6.45, 7) is 4.04. The molecule has 0 spiro atoms. The molecule has 0 amide bonds. The second-order valence-corrected chi connectivity index (χ2v) is 8.35. The molecular weight excluding hydrogens is 424 g/mol. The summed E-state index contributed by atoms with van der Waals surface area (Å²) < 4.78 is 0. The molecule has 168 valence electrons. The molecule has 0 radical (unpaired) electrons. The Bertz CT molecular complexity index is 1290. The minimum absolute atomic E-state index is 0.197. The van der Waals surface area contributed by atoms with E-state index >= 15 is 0 Å². The lowest BCUT2D eigenvalue weighted by Crippen LogP contribution is -2.26. The van der Waals surface area contributed by atoms with Gasteiger partial charge in [-0.1, -0.05) is 59.7 Å². The van der Waals surface area contributed by atoms with Crippen molar-refractivity contribution in [2.75, 3.05) is 21.7 Å². The van der Waals surface area contributed by atoms with Crippen molar-refractivity contribution < 1.29 is 9.59 Å². The van der Waals surface area contributed by atoms with E-state index < -0.39 is 0 Å². The first-order valence-electron chi connectivity index (χ1n) is 11.0. The SMILES string of the molecule is Cc1ccc(NNc2ccc(NNc3ccc(C)cc3)c3c2C(=O)c2ccccc2C3=O)cc1. The fraction of sp³-hybridized carbons (Fsp3) is 0.0714. The van der Waals surface area contributed by atoms with Crippen LogP contribution in [0.5, 0.6) is 0 Å². The van der Waals surface area contributed by atoms with E-state index in [1.165, 1.54) is 0 Å². The monoisotopic (exact) mass is 448 g/mol. The first-order chi connectivity index (χ1) is 16.5. The van der Waals surface area contributed by atoms with Gasteiger partial charge in [0.25, 0.3) is 0 Å². The Morgan fingerprint density at radius 1 is 0.471 bits per heavy atom. The van der Waals surface area contributed by atoms with Gasteiger partial charge >= 0.3 is 0 Å². The third-order valence-corrected chi connectivity index (χ3v) is 5.86. The van der Waals surface area contributed by atoms with Crippen LogP contribution in [0.3, 0.4) is 0 Å². The molecule has 4 aromatic carbocycles. The van der Waals surface area contributed by atoms with E-state index in [0.29, 0.717) is 33.6 Å². The van der Waals surface area contributed by atoms with Crippen molar-refractivity contribution in [1.29, 1.82) is 0 Å². The molecule has 6 nitrogen and oxygen atoms in total. The summed E-state index contributed by atoms with van der Waals surface area (Å²) in [4.78, 5) is 27.1. The summed E-state index contributed by atoms with van der Waals surface area (Å²) in [5.74, 6) is -0.394. The normalized spacial score (nSPS) is 11.9. The van der Waals surface area contributed by atoms with Gasteiger partial charge < -0.3 is 21.7 Å². The van der Waals surface area contributed by atoms with Crippen LogP contribution in [0.1, 0.15) is 43.0 Å². The topological polar surface area (TPSA) is 82.3 Å². The lowest BCUT2D eigenvalue weighted by molar-refractivity contribution is 0.0980. The zero-order valence-electron chi connectivity index (χ0n) is 18.9. The molecule has 4 aromatic rings. The number of aryl methyl sites for hydroxylation is 2. The molecule has 0 heterocycles. The molecule has 0 aromatic heterocycles. The van der Waals surface area contributed by atoms with Gasteiger partial charge in [0.2, 0.25) is 0 Å². The maximum absolute atomic E-state index is 13.5. The molecule has 0 saturated heterocycles. The Labute approximate surface area is 198 Å². The van der Waals surface area contributed by atoms with Gasteiger partial charge in [-0.15, -0.1) is 0 Å². The third-order valence-electron chi connectivity index (χ3n) is 5.86. The van der Waals surface area contributed by atoms with Gasteiger partial charge in [0.15, 0.2) is 11.6 Å². The second-order valence-electron chi connectivity index (χ2n) is 8.35. The average Bonchev–Trinajstić information content (AvgIpc) is 2.86. The lowest BCUT2D eigenvalue weighted by atomic mass is 9.82. The van der Waals surface area contributed by atoms with Crippen molar-refractivity contribution in [3.05, 3.63) is 118 Å². The number of hydrogen-bond acceptors (Lipinski definition) is 6. The van der Waals surface area contributed by atoms with Crippen molar-refractivity contribution in [1.82, 2.24) is 0 Å². The summed E-state index contributed by atoms with van der Waals surface area (Å²) in [6, 6.07) is 26.3. The number of anilines is 4. The number of fused-ring (bicyclic) bond motifs is 2. The van der Waals surface area contributed by atoms with Crippen LogP contribution < -0.4 is 21.7 Å². The molecule has 0 bridgehead atoms. The molecule has 0 atom stereocenters. The lowest BCUT2D eigenvalue weighted by Gasteiger charge is -2.24. The van der Waals surface area contributed by atoms with E-state index in [4.69, 9.17) is 0 Å². The highest BCUT2D eigenvalue weighted by atomic mass is 16.1. The van der Waals surface area contributed by atoms with Gasteiger partial charge in [0, 0.05) is 11.1 Å². The molecule has 1 aliphatic rings. The second kappa shape index (κ2) is 8.75. The molecule has 0 aliphatic heterocycles. The van der Waals surface area contributed by atoms with Gasteiger partial charge in [-0.25, -0.2) is 0 Å². The number of carbonyl (C=O) groups is 2. The predicted molar refractivity (Wildman–Crippen MR) is 137 cm³/mol. The first kappa shape index (κ1) is 21.3. The summed E-state index contributed by atoms with van der Waals surface area (Å²) in [7, 11) is 0. The molecule has 5 rings (SSSR count). The summed E-state index contributed by atoms with van der Waals surface area (Å²) in [5, 5.41) is 0. The van der Waals surface area contributed by atoms with E-state index in [1.54, 1.807) is 36.4 Å².